The Morgan fingerprint density at radius 2 is 1.42 bits per heavy atom. The summed E-state index contributed by atoms with van der Waals surface area (Å²) in [5.41, 5.74) is -2.99. The van der Waals surface area contributed by atoms with Crippen LogP contribution in [0.25, 0.3) is 0 Å². The number of carbonyl (C=O) groups is 2. The molecule has 4 nitrogen and oxygen atoms in total. The van der Waals surface area contributed by atoms with Crippen LogP contribution in [0.2, 0.25) is 0 Å². The molecule has 0 saturated carbocycles. The van der Waals surface area contributed by atoms with Gasteiger partial charge in [0.2, 0.25) is 0 Å². The van der Waals surface area contributed by atoms with Crippen molar-refractivity contribution < 1.29 is 63.3 Å². The van der Waals surface area contributed by atoms with Crippen molar-refractivity contribution in [2.45, 2.75) is 50.9 Å². The molecule has 156 valence electrons. The number of hydrogen-bond donors (Lipinski definition) is 1. The van der Waals surface area contributed by atoms with Gasteiger partial charge in [-0.2, -0.15) is 22.0 Å². The number of rotatable bonds is 7. The minimum Gasteiger partial charge on any atom is -0.481 e. The van der Waals surface area contributed by atoms with Crippen LogP contribution in [0.5, 0.6) is 0 Å². The van der Waals surface area contributed by atoms with Crippen LogP contribution in [0.15, 0.2) is 0 Å². The molecule has 0 aliphatic rings. The molecule has 0 fully saturated rings. The summed E-state index contributed by atoms with van der Waals surface area (Å²) in [6.45, 7) is 0.413. The van der Waals surface area contributed by atoms with Crippen LogP contribution in [0, 0.1) is 5.41 Å². The van der Waals surface area contributed by atoms with Crippen molar-refractivity contribution in [2.75, 3.05) is 7.11 Å². The quantitative estimate of drug-likeness (QED) is 0.506. The van der Waals surface area contributed by atoms with E-state index in [4.69, 9.17) is 5.11 Å². The Labute approximate surface area is 140 Å². The van der Waals surface area contributed by atoms with Gasteiger partial charge in [0.25, 0.3) is 6.43 Å². The first-order chi connectivity index (χ1) is 11.4. The minimum absolute atomic E-state index is 0.413. The second-order valence-corrected chi connectivity index (χ2v) is 5.10. The van der Waals surface area contributed by atoms with Crippen molar-refractivity contribution in [3.8, 4) is 0 Å². The van der Waals surface area contributed by atoms with Gasteiger partial charge in [-0.3, -0.25) is 4.79 Å². The van der Waals surface area contributed by atoms with Crippen molar-refractivity contribution in [1.29, 1.82) is 0 Å². The molecule has 1 N–H and O–H groups in total. The molecule has 0 aliphatic heterocycles. The van der Waals surface area contributed by atoms with Gasteiger partial charge >= 0.3 is 30.5 Å². The highest BCUT2D eigenvalue weighted by atomic mass is 19.4. The van der Waals surface area contributed by atoms with E-state index in [0.29, 0.717) is 14.0 Å². The summed E-state index contributed by atoms with van der Waals surface area (Å²) < 4.78 is 123. The normalized spacial score (nSPS) is 15.8. The Kier molecular flexibility index (Phi) is 9.98. The van der Waals surface area contributed by atoms with E-state index in [2.05, 4.69) is 4.74 Å². The first-order valence-electron chi connectivity index (χ1n) is 6.37. The van der Waals surface area contributed by atoms with Crippen LogP contribution in [0.1, 0.15) is 19.8 Å². The molecule has 2 unspecified atom stereocenters. The Hall–Kier alpha value is -1.76. The Morgan fingerprint density at radius 1 is 1.00 bits per heavy atom. The lowest BCUT2D eigenvalue weighted by Crippen LogP contribution is -2.40. The molecule has 0 rings (SSSR count). The second kappa shape index (κ2) is 9.80. The molecule has 0 bridgehead atoms. The summed E-state index contributed by atoms with van der Waals surface area (Å²) in [5, 5.41) is 8.25. The summed E-state index contributed by atoms with van der Waals surface area (Å²) in [4.78, 5) is 20.0. The smallest absolute Gasteiger partial charge is 0.401 e. The number of hydrogen-bond acceptors (Lipinski definition) is 3. The minimum atomic E-state index is -5.05. The highest BCUT2D eigenvalue weighted by Crippen LogP contribution is 2.45. The average molecular weight is 412 g/mol. The number of alkyl halides is 10. The lowest BCUT2D eigenvalue weighted by molar-refractivity contribution is -0.231. The molecule has 0 aromatic heterocycles. The molecule has 0 aliphatic carbocycles. The van der Waals surface area contributed by atoms with Gasteiger partial charge in [-0.05, 0) is 6.42 Å². The van der Waals surface area contributed by atoms with Crippen molar-refractivity contribution >= 4 is 11.9 Å². The maximum Gasteiger partial charge on any atom is 0.401 e. The van der Waals surface area contributed by atoms with Gasteiger partial charge in [-0.25, -0.2) is 26.7 Å². The monoisotopic (exact) mass is 412 g/mol. The van der Waals surface area contributed by atoms with E-state index < -0.39 is 61.3 Å². The zero-order chi connectivity index (χ0) is 21.5. The number of carbonyl (C=O) groups excluding carboxylic acids is 1. The third-order valence-corrected chi connectivity index (χ3v) is 2.88. The average Bonchev–Trinajstić information content (AvgIpc) is 2.44. The van der Waals surface area contributed by atoms with E-state index in [1.54, 1.807) is 0 Å². The van der Waals surface area contributed by atoms with Gasteiger partial charge in [0.15, 0.2) is 6.17 Å². The van der Waals surface area contributed by atoms with Crippen LogP contribution >= 0.6 is 0 Å². The van der Waals surface area contributed by atoms with Crippen LogP contribution in [-0.2, 0) is 14.3 Å². The molecular formula is C12H14F10O4. The first-order valence-corrected chi connectivity index (χ1v) is 6.37. The first kappa shape index (κ1) is 26.5. The van der Waals surface area contributed by atoms with Crippen LogP contribution in [0.4, 0.5) is 43.9 Å². The molecule has 2 atom stereocenters. The van der Waals surface area contributed by atoms with E-state index in [1.165, 1.54) is 0 Å². The summed E-state index contributed by atoms with van der Waals surface area (Å²) in [7, 11) is 0.610. The summed E-state index contributed by atoms with van der Waals surface area (Å²) in [5.74, 6) is -8.72. The van der Waals surface area contributed by atoms with Crippen molar-refractivity contribution in [3.63, 3.8) is 0 Å². The fourth-order valence-corrected chi connectivity index (χ4v) is 1.37. The molecule has 0 aromatic carbocycles. The van der Waals surface area contributed by atoms with Gasteiger partial charge in [0.05, 0.1) is 18.9 Å². The molecule has 26 heavy (non-hydrogen) atoms. The van der Waals surface area contributed by atoms with Crippen LogP contribution < -0.4 is 0 Å². The molecule has 0 radical (unpaired) electrons. The fraction of sp³-hybridized carbons (Fsp3) is 0.833. The van der Waals surface area contributed by atoms with Crippen molar-refractivity contribution in [1.82, 2.24) is 0 Å². The van der Waals surface area contributed by atoms with E-state index in [9.17, 15) is 53.5 Å². The van der Waals surface area contributed by atoms with Crippen molar-refractivity contribution in [2.24, 2.45) is 5.41 Å². The molecule has 0 aromatic rings. The zero-order valence-corrected chi connectivity index (χ0v) is 13.1. The molecular weight excluding hydrogens is 398 g/mol. The van der Waals surface area contributed by atoms with Crippen molar-refractivity contribution in [3.05, 3.63) is 0 Å². The third kappa shape index (κ3) is 8.08. The van der Waals surface area contributed by atoms with Gasteiger partial charge < -0.3 is 9.84 Å². The lowest BCUT2D eigenvalue weighted by Gasteiger charge is -2.31. The number of esters is 1. The van der Waals surface area contributed by atoms with E-state index in [-0.39, 0.29) is 0 Å². The Balaban J connectivity index is 0. The highest BCUT2D eigenvalue weighted by Gasteiger charge is 2.54. The molecule has 0 amide bonds. The van der Waals surface area contributed by atoms with Gasteiger partial charge in [-0.15, -0.1) is 0 Å². The SMILES string of the molecule is CC(CC(=O)O)(CC(F)C(F)F)C(F)(F)F.COC(=O)C(F)(F)C(F)F. The molecule has 14 heteroatoms. The zero-order valence-electron chi connectivity index (χ0n) is 13.1. The summed E-state index contributed by atoms with van der Waals surface area (Å²) >= 11 is 0. The van der Waals surface area contributed by atoms with Gasteiger partial charge in [0.1, 0.15) is 0 Å². The lowest BCUT2D eigenvalue weighted by atomic mass is 9.81. The predicted octanol–water partition coefficient (Wildman–Crippen LogP) is 4.08. The number of methoxy groups -OCH3 is 1. The van der Waals surface area contributed by atoms with Gasteiger partial charge in [0, 0.05) is 0 Å². The number of ether oxygens (including phenoxy) is 1. The van der Waals surface area contributed by atoms with Gasteiger partial charge in [-0.1, -0.05) is 6.92 Å². The Bertz CT molecular complexity index is 465. The third-order valence-electron chi connectivity index (χ3n) is 2.88. The van der Waals surface area contributed by atoms with E-state index >= 15 is 0 Å². The Morgan fingerprint density at radius 3 is 1.62 bits per heavy atom. The van der Waals surface area contributed by atoms with E-state index in [1.807, 2.05) is 0 Å². The summed E-state index contributed by atoms with van der Waals surface area (Å²) in [6.07, 6.45) is -18.6. The van der Waals surface area contributed by atoms with E-state index in [0.717, 1.165) is 0 Å². The number of aliphatic carboxylic acids is 1. The number of carboxylic acid groups (broad SMARTS) is 1. The van der Waals surface area contributed by atoms with Crippen LogP contribution in [-0.4, -0.2) is 55.3 Å². The van der Waals surface area contributed by atoms with Crippen LogP contribution in [0.3, 0.4) is 0 Å². The maximum atomic E-state index is 12.6. The highest BCUT2D eigenvalue weighted by molar-refractivity contribution is 5.77. The predicted molar refractivity (Wildman–Crippen MR) is 64.9 cm³/mol. The second-order valence-electron chi connectivity index (χ2n) is 5.10. The number of carboxylic acids is 1. The largest absolute Gasteiger partial charge is 0.481 e. The molecule has 0 saturated heterocycles. The molecule has 0 spiro atoms. The summed E-state index contributed by atoms with van der Waals surface area (Å²) in [6, 6.07) is 0. The fourth-order valence-electron chi connectivity index (χ4n) is 1.37. The maximum absolute atomic E-state index is 12.6. The standard InChI is InChI=1S/C8H10F6O2.C4H4F4O2/c1-7(3-5(15)16,8(12,13)14)2-4(9)6(10)11;1-10-3(9)4(7,8)2(5)6/h4,6H,2-3H2,1H3,(H,15,16);2H,1H3. The number of halogens is 10. The molecule has 0 heterocycles. The topological polar surface area (TPSA) is 63.6 Å².